The lowest BCUT2D eigenvalue weighted by Gasteiger charge is -2.34. The Bertz CT molecular complexity index is 749. The third-order valence-electron chi connectivity index (χ3n) is 5.06. The van der Waals surface area contributed by atoms with Gasteiger partial charge in [0.15, 0.2) is 0 Å². The smallest absolute Gasteiger partial charge is 0.268 e. The maximum atomic E-state index is 13.0. The number of aromatic nitrogens is 2. The Morgan fingerprint density at radius 3 is 2.88 bits per heavy atom. The van der Waals surface area contributed by atoms with Crippen molar-refractivity contribution in [2.75, 3.05) is 6.61 Å². The summed E-state index contributed by atoms with van der Waals surface area (Å²) in [6.45, 7) is 2.25. The highest BCUT2D eigenvalue weighted by Gasteiger charge is 2.49. The third kappa shape index (κ3) is 2.66. The number of amides is 1. The van der Waals surface area contributed by atoms with Crippen LogP contribution in [0.4, 0.5) is 4.39 Å². The van der Waals surface area contributed by atoms with Gasteiger partial charge in [-0.25, -0.2) is 4.39 Å². The van der Waals surface area contributed by atoms with Crippen molar-refractivity contribution in [3.8, 4) is 5.75 Å². The van der Waals surface area contributed by atoms with E-state index in [1.807, 2.05) is 11.8 Å². The number of rotatable bonds is 4. The lowest BCUT2D eigenvalue weighted by atomic mass is 9.99. The van der Waals surface area contributed by atoms with Crippen LogP contribution in [0.25, 0.3) is 0 Å². The number of carbonyl (C=O) groups excluding carboxylic acids is 1. The first-order valence-corrected chi connectivity index (χ1v) is 8.91. The Hall–Kier alpha value is -2.02. The molecule has 2 aliphatic rings. The number of piperidine rings is 1. The van der Waals surface area contributed by atoms with Gasteiger partial charge in [-0.3, -0.25) is 4.79 Å². The van der Waals surface area contributed by atoms with E-state index in [0.717, 1.165) is 30.8 Å². The second kappa shape index (κ2) is 6.12. The number of hydrogen-bond donors (Lipinski definition) is 0. The lowest BCUT2D eigenvalue weighted by Crippen LogP contribution is -2.47. The van der Waals surface area contributed by atoms with Gasteiger partial charge >= 0.3 is 0 Å². The monoisotopic (exact) mass is 347 g/mol. The molecule has 2 bridgehead atoms. The van der Waals surface area contributed by atoms with Crippen molar-refractivity contribution in [2.24, 2.45) is 5.92 Å². The summed E-state index contributed by atoms with van der Waals surface area (Å²) in [4.78, 5) is 15.5. The van der Waals surface area contributed by atoms with E-state index in [1.54, 1.807) is 12.1 Å². The zero-order valence-electron chi connectivity index (χ0n) is 13.3. The first-order chi connectivity index (χ1) is 11.6. The van der Waals surface area contributed by atoms with Crippen molar-refractivity contribution in [1.82, 2.24) is 14.5 Å². The largest absolute Gasteiger partial charge is 0.491 e. The number of halogens is 1. The molecule has 1 saturated carbocycles. The molecule has 1 aromatic carbocycles. The van der Waals surface area contributed by atoms with Crippen LogP contribution in [0.5, 0.6) is 5.75 Å². The molecule has 7 heteroatoms. The van der Waals surface area contributed by atoms with Gasteiger partial charge in [-0.05, 0) is 67.9 Å². The number of likely N-dealkylation sites (tertiary alicyclic amines) is 1. The normalized spacial score (nSPS) is 25.2. The zero-order chi connectivity index (χ0) is 16.7. The molecule has 0 spiro atoms. The highest BCUT2D eigenvalue weighted by atomic mass is 32.1. The van der Waals surface area contributed by atoms with Gasteiger partial charge in [0, 0.05) is 6.04 Å². The van der Waals surface area contributed by atoms with E-state index in [4.69, 9.17) is 4.74 Å². The topological polar surface area (TPSA) is 55.3 Å². The quantitative estimate of drug-likeness (QED) is 0.853. The molecule has 1 saturated heterocycles. The summed E-state index contributed by atoms with van der Waals surface area (Å²) in [5.74, 6) is 0.831. The second-order valence-corrected chi connectivity index (χ2v) is 7.21. The summed E-state index contributed by atoms with van der Waals surface area (Å²) in [5.41, 5.74) is 0.686. The van der Waals surface area contributed by atoms with E-state index in [0.29, 0.717) is 28.8 Å². The fourth-order valence-electron chi connectivity index (χ4n) is 3.88. The number of nitrogens with zero attached hydrogens (tertiary/aromatic N) is 3. The van der Waals surface area contributed by atoms with Crippen LogP contribution in [0, 0.1) is 18.7 Å². The molecular weight excluding hydrogens is 329 g/mol. The first kappa shape index (κ1) is 15.5. The first-order valence-electron chi connectivity index (χ1n) is 8.13. The molecule has 0 N–H and O–H groups in total. The fraction of sp³-hybridized carbons (Fsp3) is 0.471. The number of benzene rings is 1. The molecule has 24 heavy (non-hydrogen) atoms. The molecule has 1 aliphatic carbocycles. The molecule has 3 atom stereocenters. The van der Waals surface area contributed by atoms with E-state index in [2.05, 4.69) is 9.59 Å². The molecule has 0 unspecified atom stereocenters. The van der Waals surface area contributed by atoms with Crippen LogP contribution in [0.3, 0.4) is 0 Å². The minimum absolute atomic E-state index is 0.0161. The van der Waals surface area contributed by atoms with E-state index in [9.17, 15) is 9.18 Å². The zero-order valence-corrected chi connectivity index (χ0v) is 14.1. The van der Waals surface area contributed by atoms with Crippen LogP contribution >= 0.6 is 11.5 Å². The SMILES string of the molecule is Cc1nnsc1C(=O)N1[C@@H]2CC[C@@H](C2)[C@@H]1COc1ccc(F)cc1. The van der Waals surface area contributed by atoms with E-state index in [1.165, 1.54) is 12.1 Å². The molecule has 1 aromatic heterocycles. The van der Waals surface area contributed by atoms with Crippen LogP contribution in [0.15, 0.2) is 24.3 Å². The average Bonchev–Trinajstić information content (AvgIpc) is 3.29. The summed E-state index contributed by atoms with van der Waals surface area (Å²) in [5, 5.41) is 3.95. The number of aryl methyl sites for hydroxylation is 1. The standard InChI is InChI=1S/C17H18FN3O2S/c1-10-16(24-20-19-10)17(22)21-13-5-2-11(8-13)15(21)9-23-14-6-3-12(18)4-7-14/h3-4,6-7,11,13,15H,2,5,8-9H2,1H3/t11-,13+,15-/m0/s1. The van der Waals surface area contributed by atoms with Gasteiger partial charge in [0.25, 0.3) is 5.91 Å². The Morgan fingerprint density at radius 1 is 1.38 bits per heavy atom. The number of hydrogen-bond acceptors (Lipinski definition) is 5. The van der Waals surface area contributed by atoms with Crippen LogP contribution in [0.2, 0.25) is 0 Å². The van der Waals surface area contributed by atoms with Crippen molar-refractivity contribution in [1.29, 1.82) is 0 Å². The van der Waals surface area contributed by atoms with Crippen LogP contribution in [-0.2, 0) is 0 Å². The highest BCUT2D eigenvalue weighted by molar-refractivity contribution is 7.07. The van der Waals surface area contributed by atoms with Crippen molar-refractivity contribution >= 4 is 17.4 Å². The van der Waals surface area contributed by atoms with Crippen molar-refractivity contribution in [3.63, 3.8) is 0 Å². The van der Waals surface area contributed by atoms with Gasteiger partial charge in [-0.2, -0.15) is 0 Å². The molecule has 1 amide bonds. The molecule has 4 rings (SSSR count). The fourth-order valence-corrected chi connectivity index (χ4v) is 4.48. The van der Waals surface area contributed by atoms with E-state index < -0.39 is 0 Å². The van der Waals surface area contributed by atoms with Gasteiger partial charge in [-0.15, -0.1) is 5.10 Å². The number of carbonyl (C=O) groups is 1. The Balaban J connectivity index is 1.51. The molecule has 126 valence electrons. The molecular formula is C17H18FN3O2S. The number of ether oxygens (including phenoxy) is 1. The second-order valence-electron chi connectivity index (χ2n) is 6.46. The van der Waals surface area contributed by atoms with Gasteiger partial charge in [-0.1, -0.05) is 4.49 Å². The molecule has 1 aliphatic heterocycles. The molecule has 5 nitrogen and oxygen atoms in total. The minimum atomic E-state index is -0.285. The summed E-state index contributed by atoms with van der Waals surface area (Å²) in [6, 6.07) is 6.34. The Kier molecular flexibility index (Phi) is 3.96. The van der Waals surface area contributed by atoms with Crippen molar-refractivity contribution in [3.05, 3.63) is 40.7 Å². The summed E-state index contributed by atoms with van der Waals surface area (Å²) in [6.07, 6.45) is 3.22. The van der Waals surface area contributed by atoms with Crippen molar-refractivity contribution in [2.45, 2.75) is 38.3 Å². The molecule has 2 heterocycles. The summed E-state index contributed by atoms with van der Waals surface area (Å²) in [7, 11) is 0. The van der Waals surface area contributed by atoms with Crippen LogP contribution in [0.1, 0.15) is 34.6 Å². The van der Waals surface area contributed by atoms with Gasteiger partial charge in [0.1, 0.15) is 23.1 Å². The number of fused-ring (bicyclic) bond motifs is 2. The van der Waals surface area contributed by atoms with Gasteiger partial charge in [0.05, 0.1) is 11.7 Å². The van der Waals surface area contributed by atoms with Gasteiger partial charge < -0.3 is 9.64 Å². The molecule has 2 fully saturated rings. The Labute approximate surface area is 143 Å². The van der Waals surface area contributed by atoms with Crippen LogP contribution in [-0.4, -0.2) is 39.1 Å². The van der Waals surface area contributed by atoms with Crippen molar-refractivity contribution < 1.29 is 13.9 Å². The minimum Gasteiger partial charge on any atom is -0.491 e. The molecule has 0 radical (unpaired) electrons. The average molecular weight is 347 g/mol. The van der Waals surface area contributed by atoms with Gasteiger partial charge in [0.2, 0.25) is 0 Å². The lowest BCUT2D eigenvalue weighted by molar-refractivity contribution is 0.0509. The van der Waals surface area contributed by atoms with E-state index in [-0.39, 0.29) is 23.8 Å². The maximum Gasteiger partial charge on any atom is 0.268 e. The third-order valence-corrected chi connectivity index (χ3v) is 5.87. The predicted molar refractivity (Wildman–Crippen MR) is 87.6 cm³/mol. The Morgan fingerprint density at radius 2 is 2.17 bits per heavy atom. The summed E-state index contributed by atoms with van der Waals surface area (Å²) < 4.78 is 22.7. The van der Waals surface area contributed by atoms with Crippen LogP contribution < -0.4 is 4.74 Å². The van der Waals surface area contributed by atoms with E-state index >= 15 is 0 Å². The highest BCUT2D eigenvalue weighted by Crippen LogP contribution is 2.43. The maximum absolute atomic E-state index is 13.0. The predicted octanol–water partition coefficient (Wildman–Crippen LogP) is 3.06. The molecule has 2 aromatic rings. The summed E-state index contributed by atoms with van der Waals surface area (Å²) >= 11 is 1.16.